The number of nitrogens with one attached hydrogen (secondary N) is 2. The summed E-state index contributed by atoms with van der Waals surface area (Å²) in [6.45, 7) is 1.88. The summed E-state index contributed by atoms with van der Waals surface area (Å²) in [5.74, 6) is -0.438. The molecule has 2 N–H and O–H groups in total. The van der Waals surface area contributed by atoms with Crippen molar-refractivity contribution in [2.24, 2.45) is 0 Å². The Morgan fingerprint density at radius 3 is 2.48 bits per heavy atom. The summed E-state index contributed by atoms with van der Waals surface area (Å²) in [6, 6.07) is 18.9. The number of hydrogen-bond acceptors (Lipinski definition) is 6. The Morgan fingerprint density at radius 1 is 1.00 bits per heavy atom. The molecule has 0 saturated heterocycles. The van der Waals surface area contributed by atoms with Gasteiger partial charge in [-0.25, -0.2) is 13.4 Å². The summed E-state index contributed by atoms with van der Waals surface area (Å²) in [7, 11) is -3.83. The Labute approximate surface area is 188 Å². The number of thiazole rings is 1. The van der Waals surface area contributed by atoms with Crippen LogP contribution in [0, 0.1) is 6.92 Å². The summed E-state index contributed by atoms with van der Waals surface area (Å²) >= 11 is 2.96. The minimum absolute atomic E-state index is 0.129. The standard InChI is InChI=1S/C22H19N3O3S3/c1-14-10-12-15(13-11-14)31(27,28)25-17-7-4-3-6-16(17)21(26)24-22-23-20-18(29-2)8-5-9-19(20)30-22/h3-13,25H,1-2H3,(H,23,24,26). The quantitative estimate of drug-likeness (QED) is 0.370. The molecule has 0 radical (unpaired) electrons. The van der Waals surface area contributed by atoms with Crippen molar-refractivity contribution in [3.8, 4) is 0 Å². The van der Waals surface area contributed by atoms with Crippen molar-refractivity contribution in [2.45, 2.75) is 16.7 Å². The second-order valence-corrected chi connectivity index (χ2v) is 10.3. The molecule has 0 atom stereocenters. The Bertz CT molecular complexity index is 1360. The Morgan fingerprint density at radius 2 is 1.74 bits per heavy atom. The van der Waals surface area contributed by atoms with Crippen LogP contribution in [0.25, 0.3) is 10.2 Å². The molecule has 0 aliphatic heterocycles. The largest absolute Gasteiger partial charge is 0.298 e. The van der Waals surface area contributed by atoms with Crippen LogP contribution >= 0.6 is 23.1 Å². The highest BCUT2D eigenvalue weighted by Crippen LogP contribution is 2.32. The van der Waals surface area contributed by atoms with Crippen LogP contribution in [0.4, 0.5) is 10.8 Å². The minimum Gasteiger partial charge on any atom is -0.298 e. The molecule has 6 nitrogen and oxygen atoms in total. The normalized spacial score (nSPS) is 11.4. The van der Waals surface area contributed by atoms with E-state index in [1.54, 1.807) is 48.2 Å². The third kappa shape index (κ3) is 4.58. The number of para-hydroxylation sites is 2. The van der Waals surface area contributed by atoms with Gasteiger partial charge in [0.15, 0.2) is 5.13 Å². The van der Waals surface area contributed by atoms with Gasteiger partial charge < -0.3 is 0 Å². The minimum atomic E-state index is -3.83. The van der Waals surface area contributed by atoms with Crippen LogP contribution in [0.1, 0.15) is 15.9 Å². The molecule has 0 saturated carbocycles. The molecule has 0 unspecified atom stereocenters. The molecule has 4 aromatic rings. The lowest BCUT2D eigenvalue weighted by Crippen LogP contribution is -2.18. The van der Waals surface area contributed by atoms with Gasteiger partial charge in [0.05, 0.1) is 26.4 Å². The Balaban J connectivity index is 1.61. The van der Waals surface area contributed by atoms with Crippen molar-refractivity contribution in [1.82, 2.24) is 4.98 Å². The number of carbonyl (C=O) groups excluding carboxylic acids is 1. The van der Waals surface area contributed by atoms with Gasteiger partial charge >= 0.3 is 0 Å². The lowest BCUT2D eigenvalue weighted by Gasteiger charge is -2.12. The fourth-order valence-electron chi connectivity index (χ4n) is 3.00. The van der Waals surface area contributed by atoms with Crippen molar-refractivity contribution in [1.29, 1.82) is 0 Å². The molecule has 4 rings (SSSR count). The fourth-order valence-corrected chi connectivity index (χ4v) is 5.59. The Hall–Kier alpha value is -2.88. The SMILES string of the molecule is CSc1cccc2sc(NC(=O)c3ccccc3NS(=O)(=O)c3ccc(C)cc3)nc12. The lowest BCUT2D eigenvalue weighted by molar-refractivity contribution is 0.102. The average Bonchev–Trinajstić information content (AvgIpc) is 3.16. The van der Waals surface area contributed by atoms with Gasteiger partial charge in [-0.15, -0.1) is 11.8 Å². The molecule has 31 heavy (non-hydrogen) atoms. The molecule has 0 aliphatic carbocycles. The van der Waals surface area contributed by atoms with Crippen LogP contribution in [0.5, 0.6) is 0 Å². The van der Waals surface area contributed by atoms with Gasteiger partial charge in [0, 0.05) is 4.90 Å². The monoisotopic (exact) mass is 469 g/mol. The number of carbonyl (C=O) groups is 1. The highest BCUT2D eigenvalue weighted by molar-refractivity contribution is 7.98. The fraction of sp³-hybridized carbons (Fsp3) is 0.0909. The predicted molar refractivity (Wildman–Crippen MR) is 128 cm³/mol. The second-order valence-electron chi connectivity index (χ2n) is 6.74. The zero-order valence-corrected chi connectivity index (χ0v) is 19.2. The summed E-state index contributed by atoms with van der Waals surface area (Å²) in [4.78, 5) is 18.6. The molecule has 9 heteroatoms. The first kappa shape index (κ1) is 21.4. The highest BCUT2D eigenvalue weighted by atomic mass is 32.2. The molecule has 3 aromatic carbocycles. The van der Waals surface area contributed by atoms with Crippen molar-refractivity contribution in [3.05, 3.63) is 77.9 Å². The van der Waals surface area contributed by atoms with Crippen LogP contribution in [0.3, 0.4) is 0 Å². The van der Waals surface area contributed by atoms with Crippen LogP contribution in [-0.4, -0.2) is 25.6 Å². The van der Waals surface area contributed by atoms with Gasteiger partial charge in [-0.3, -0.25) is 14.8 Å². The smallest absolute Gasteiger partial charge is 0.261 e. The first-order valence-electron chi connectivity index (χ1n) is 9.31. The van der Waals surface area contributed by atoms with Crippen LogP contribution in [0.15, 0.2) is 76.5 Å². The third-order valence-electron chi connectivity index (χ3n) is 4.57. The van der Waals surface area contributed by atoms with Crippen molar-refractivity contribution >= 4 is 60.1 Å². The number of aromatic nitrogens is 1. The van der Waals surface area contributed by atoms with Gasteiger partial charge in [0.1, 0.15) is 0 Å². The van der Waals surface area contributed by atoms with Gasteiger partial charge in [-0.1, -0.05) is 47.2 Å². The molecule has 0 bridgehead atoms. The Kier molecular flexibility index (Phi) is 5.99. The second kappa shape index (κ2) is 8.70. The van der Waals surface area contributed by atoms with E-state index in [1.807, 2.05) is 31.4 Å². The number of anilines is 2. The molecular weight excluding hydrogens is 450 g/mol. The van der Waals surface area contributed by atoms with Gasteiger partial charge in [0.25, 0.3) is 15.9 Å². The predicted octanol–water partition coefficient (Wildman–Crippen LogP) is 5.38. The lowest BCUT2D eigenvalue weighted by atomic mass is 10.2. The maximum atomic E-state index is 12.9. The van der Waals surface area contributed by atoms with E-state index in [1.165, 1.54) is 23.5 Å². The topological polar surface area (TPSA) is 88.2 Å². The zero-order chi connectivity index (χ0) is 22.0. The number of fused-ring (bicyclic) bond motifs is 1. The van der Waals surface area contributed by atoms with E-state index in [2.05, 4.69) is 15.0 Å². The third-order valence-corrected chi connectivity index (χ3v) is 7.66. The van der Waals surface area contributed by atoms with E-state index in [4.69, 9.17) is 0 Å². The number of nitrogens with zero attached hydrogens (tertiary/aromatic N) is 1. The number of thioether (sulfide) groups is 1. The maximum Gasteiger partial charge on any atom is 0.261 e. The number of sulfonamides is 1. The molecule has 1 amide bonds. The van der Waals surface area contributed by atoms with Gasteiger partial charge in [-0.05, 0) is 49.6 Å². The molecular formula is C22H19N3O3S3. The summed E-state index contributed by atoms with van der Waals surface area (Å²) in [6.07, 6.45) is 1.97. The maximum absolute atomic E-state index is 12.9. The summed E-state index contributed by atoms with van der Waals surface area (Å²) in [5.41, 5.74) is 2.21. The molecule has 0 spiro atoms. The first-order chi connectivity index (χ1) is 14.9. The molecule has 158 valence electrons. The molecule has 0 aliphatic rings. The van der Waals surface area contributed by atoms with Crippen molar-refractivity contribution in [2.75, 3.05) is 16.3 Å². The van der Waals surface area contributed by atoms with E-state index in [9.17, 15) is 13.2 Å². The number of rotatable bonds is 6. The zero-order valence-electron chi connectivity index (χ0n) is 16.7. The summed E-state index contributed by atoms with van der Waals surface area (Å²) in [5, 5.41) is 3.25. The van der Waals surface area contributed by atoms with Crippen LogP contribution in [0.2, 0.25) is 0 Å². The number of aryl methyl sites for hydroxylation is 1. The summed E-state index contributed by atoms with van der Waals surface area (Å²) < 4.78 is 29.1. The number of benzene rings is 3. The highest BCUT2D eigenvalue weighted by Gasteiger charge is 2.19. The van der Waals surface area contributed by atoms with E-state index in [-0.39, 0.29) is 16.1 Å². The molecule has 1 aromatic heterocycles. The van der Waals surface area contributed by atoms with E-state index >= 15 is 0 Å². The van der Waals surface area contributed by atoms with Crippen molar-refractivity contribution < 1.29 is 13.2 Å². The van der Waals surface area contributed by atoms with Gasteiger partial charge in [0.2, 0.25) is 0 Å². The average molecular weight is 470 g/mol. The van der Waals surface area contributed by atoms with E-state index in [0.717, 1.165) is 20.7 Å². The first-order valence-corrected chi connectivity index (χ1v) is 12.8. The van der Waals surface area contributed by atoms with Crippen LogP contribution in [-0.2, 0) is 10.0 Å². The van der Waals surface area contributed by atoms with Gasteiger partial charge in [-0.2, -0.15) is 0 Å². The van der Waals surface area contributed by atoms with Crippen molar-refractivity contribution in [3.63, 3.8) is 0 Å². The van der Waals surface area contributed by atoms with E-state index < -0.39 is 15.9 Å². The number of amides is 1. The van der Waals surface area contributed by atoms with Crippen LogP contribution < -0.4 is 10.0 Å². The molecule has 1 heterocycles. The molecule has 0 fully saturated rings. The number of hydrogen-bond donors (Lipinski definition) is 2. The van der Waals surface area contributed by atoms with E-state index in [0.29, 0.717) is 5.13 Å².